The monoisotopic (exact) mass is 877 g/mol. The highest BCUT2D eigenvalue weighted by Crippen LogP contribution is 2.13. The van der Waals surface area contributed by atoms with Crippen molar-refractivity contribution in [2.75, 3.05) is 13.2 Å². The number of carbonyl (C=O) groups excluding carboxylic acids is 3. The first-order chi connectivity index (χ1) is 31.0. The Labute approximate surface area is 388 Å². The molecule has 0 heterocycles. The summed E-state index contributed by atoms with van der Waals surface area (Å²) in [6.45, 7) is 6.44. The van der Waals surface area contributed by atoms with Crippen molar-refractivity contribution in [3.8, 4) is 0 Å². The van der Waals surface area contributed by atoms with Crippen LogP contribution in [0.15, 0.2) is 85.1 Å². The summed E-state index contributed by atoms with van der Waals surface area (Å²) in [6.07, 6.45) is 65.6. The van der Waals surface area contributed by atoms with Gasteiger partial charge in [0.05, 0.1) is 0 Å². The fourth-order valence-electron chi connectivity index (χ4n) is 6.93. The third kappa shape index (κ3) is 49.5. The summed E-state index contributed by atoms with van der Waals surface area (Å²) < 4.78 is 16.8. The molecule has 0 fully saturated rings. The lowest BCUT2D eigenvalue weighted by molar-refractivity contribution is -0.167. The number of ether oxygens (including phenoxy) is 3. The van der Waals surface area contributed by atoms with Gasteiger partial charge in [0.15, 0.2) is 6.10 Å². The first-order valence-corrected chi connectivity index (χ1v) is 26.1. The van der Waals surface area contributed by atoms with E-state index >= 15 is 0 Å². The predicted octanol–water partition coefficient (Wildman–Crippen LogP) is 17.2. The van der Waals surface area contributed by atoms with Gasteiger partial charge in [0.1, 0.15) is 13.2 Å². The van der Waals surface area contributed by atoms with Crippen molar-refractivity contribution < 1.29 is 28.6 Å². The molecular formula is C57H96O6. The molecule has 0 aromatic heterocycles. The van der Waals surface area contributed by atoms with Gasteiger partial charge in [0, 0.05) is 19.3 Å². The van der Waals surface area contributed by atoms with E-state index in [1.54, 1.807) is 0 Å². The van der Waals surface area contributed by atoms with Crippen molar-refractivity contribution in [1.29, 1.82) is 0 Å². The zero-order valence-electron chi connectivity index (χ0n) is 41.1. The van der Waals surface area contributed by atoms with Gasteiger partial charge >= 0.3 is 17.9 Å². The van der Waals surface area contributed by atoms with Crippen LogP contribution in [0.3, 0.4) is 0 Å². The van der Waals surface area contributed by atoms with Crippen LogP contribution in [-0.2, 0) is 28.6 Å². The number of hydrogen-bond acceptors (Lipinski definition) is 6. The van der Waals surface area contributed by atoms with E-state index in [9.17, 15) is 14.4 Å². The van der Waals surface area contributed by atoms with Gasteiger partial charge in [-0.25, -0.2) is 0 Å². The number of carbonyl (C=O) groups is 3. The van der Waals surface area contributed by atoms with E-state index in [4.69, 9.17) is 14.2 Å². The van der Waals surface area contributed by atoms with E-state index in [-0.39, 0.29) is 31.1 Å². The van der Waals surface area contributed by atoms with Gasteiger partial charge in [-0.3, -0.25) is 14.4 Å². The molecule has 0 aromatic carbocycles. The summed E-state index contributed by atoms with van der Waals surface area (Å²) in [7, 11) is 0. The van der Waals surface area contributed by atoms with E-state index in [0.29, 0.717) is 19.3 Å². The Kier molecular flexibility index (Phi) is 48.5. The molecule has 0 aliphatic carbocycles. The quantitative estimate of drug-likeness (QED) is 0.0262. The summed E-state index contributed by atoms with van der Waals surface area (Å²) in [4.78, 5) is 38.0. The SMILES string of the molecule is CC/C=C\C/C=C\C/C=C\C/C=C\CCCCCCC(=O)OC[C@H](COC(=O)CCCCCCC/C=C\C/C=C\CCCCC)OC(=O)CCCCCCC/C=C\CCCCCC. The molecule has 0 rings (SSSR count). The lowest BCUT2D eigenvalue weighted by atomic mass is 10.1. The standard InChI is InChI=1S/C57H96O6/c1-4-7-10-13-16-19-22-25-27-28-30-33-35-38-41-44-47-50-56(59)62-53-54(63-57(60)51-48-45-42-39-36-31-24-21-18-15-12-9-6-3)52-61-55(58)49-46-43-40-37-34-32-29-26-23-20-17-14-11-8-5-2/h7,10,16-17,19-21,24-27,29-30,33,54H,4-6,8-9,11-15,18,22-23,28,31-32,34-53H2,1-3H3/b10-7-,19-16-,20-17-,24-21-,27-25-,29-26-,33-30-/t54-/m0/s1. The highest BCUT2D eigenvalue weighted by molar-refractivity contribution is 5.71. The second-order valence-electron chi connectivity index (χ2n) is 17.0. The summed E-state index contributed by atoms with van der Waals surface area (Å²) in [5.74, 6) is -0.942. The maximum Gasteiger partial charge on any atom is 0.306 e. The first kappa shape index (κ1) is 59.6. The Morgan fingerprint density at radius 3 is 1.02 bits per heavy atom. The number of unbranched alkanes of at least 4 members (excludes halogenated alkanes) is 21. The van der Waals surface area contributed by atoms with Crippen molar-refractivity contribution in [3.63, 3.8) is 0 Å². The minimum atomic E-state index is -0.796. The molecule has 6 nitrogen and oxygen atoms in total. The van der Waals surface area contributed by atoms with Crippen LogP contribution >= 0.6 is 0 Å². The molecule has 0 amide bonds. The van der Waals surface area contributed by atoms with E-state index in [0.717, 1.165) is 135 Å². The first-order valence-electron chi connectivity index (χ1n) is 26.1. The number of allylic oxidation sites excluding steroid dienone is 14. The summed E-state index contributed by atoms with van der Waals surface area (Å²) in [5, 5.41) is 0. The second-order valence-corrected chi connectivity index (χ2v) is 17.0. The summed E-state index contributed by atoms with van der Waals surface area (Å²) in [6, 6.07) is 0. The maximum atomic E-state index is 12.8. The maximum absolute atomic E-state index is 12.8. The highest BCUT2D eigenvalue weighted by Gasteiger charge is 2.19. The van der Waals surface area contributed by atoms with Crippen molar-refractivity contribution in [2.45, 2.75) is 245 Å². The molecule has 0 radical (unpaired) electrons. The van der Waals surface area contributed by atoms with Gasteiger partial charge in [0.2, 0.25) is 0 Å². The van der Waals surface area contributed by atoms with Crippen molar-refractivity contribution in [1.82, 2.24) is 0 Å². The van der Waals surface area contributed by atoms with E-state index in [1.807, 2.05) is 0 Å². The minimum Gasteiger partial charge on any atom is -0.462 e. The molecule has 0 spiro atoms. The Morgan fingerprint density at radius 1 is 0.333 bits per heavy atom. The lowest BCUT2D eigenvalue weighted by Gasteiger charge is -2.18. The van der Waals surface area contributed by atoms with Gasteiger partial charge < -0.3 is 14.2 Å². The van der Waals surface area contributed by atoms with Crippen LogP contribution < -0.4 is 0 Å². The average molecular weight is 877 g/mol. The van der Waals surface area contributed by atoms with Gasteiger partial charge in [-0.15, -0.1) is 0 Å². The summed E-state index contributed by atoms with van der Waals surface area (Å²) in [5.41, 5.74) is 0. The number of rotatable bonds is 46. The number of esters is 3. The van der Waals surface area contributed by atoms with Gasteiger partial charge in [-0.1, -0.05) is 189 Å². The zero-order chi connectivity index (χ0) is 45.8. The topological polar surface area (TPSA) is 78.9 Å². The fraction of sp³-hybridized carbons (Fsp3) is 0.702. The highest BCUT2D eigenvalue weighted by atomic mass is 16.6. The van der Waals surface area contributed by atoms with Crippen LogP contribution in [0, 0.1) is 0 Å². The second kappa shape index (κ2) is 51.2. The van der Waals surface area contributed by atoms with Crippen LogP contribution in [0.1, 0.15) is 239 Å². The molecule has 6 heteroatoms. The molecule has 360 valence electrons. The van der Waals surface area contributed by atoms with E-state index in [2.05, 4.69) is 106 Å². The van der Waals surface area contributed by atoms with Crippen LogP contribution in [0.25, 0.3) is 0 Å². The summed E-state index contributed by atoms with van der Waals surface area (Å²) >= 11 is 0. The number of hydrogen-bond donors (Lipinski definition) is 0. The molecule has 0 unspecified atom stereocenters. The van der Waals surface area contributed by atoms with Gasteiger partial charge in [-0.05, 0) is 116 Å². The molecule has 63 heavy (non-hydrogen) atoms. The van der Waals surface area contributed by atoms with Crippen molar-refractivity contribution >= 4 is 17.9 Å². The van der Waals surface area contributed by atoms with E-state index in [1.165, 1.54) is 64.2 Å². The molecule has 0 aliphatic rings. The molecule has 0 saturated heterocycles. The smallest absolute Gasteiger partial charge is 0.306 e. The Morgan fingerprint density at radius 2 is 0.619 bits per heavy atom. The zero-order valence-corrected chi connectivity index (χ0v) is 41.1. The Balaban J connectivity index is 4.46. The predicted molar refractivity (Wildman–Crippen MR) is 270 cm³/mol. The molecule has 0 N–H and O–H groups in total. The molecule has 0 saturated carbocycles. The molecule has 0 bridgehead atoms. The lowest BCUT2D eigenvalue weighted by Crippen LogP contribution is -2.30. The van der Waals surface area contributed by atoms with Crippen LogP contribution in [0.2, 0.25) is 0 Å². The fourth-order valence-corrected chi connectivity index (χ4v) is 6.93. The molecule has 0 aromatic rings. The van der Waals surface area contributed by atoms with Crippen molar-refractivity contribution in [2.24, 2.45) is 0 Å². The van der Waals surface area contributed by atoms with Crippen LogP contribution in [0.5, 0.6) is 0 Å². The van der Waals surface area contributed by atoms with Gasteiger partial charge in [-0.2, -0.15) is 0 Å². The Hall–Kier alpha value is -3.41. The third-order valence-corrected chi connectivity index (χ3v) is 10.9. The van der Waals surface area contributed by atoms with Crippen LogP contribution in [0.4, 0.5) is 0 Å². The molecule has 0 aliphatic heterocycles. The third-order valence-electron chi connectivity index (χ3n) is 10.9. The molecule has 1 atom stereocenters. The average Bonchev–Trinajstić information content (AvgIpc) is 3.28. The minimum absolute atomic E-state index is 0.0957. The molecular weight excluding hydrogens is 781 g/mol. The van der Waals surface area contributed by atoms with Crippen molar-refractivity contribution in [3.05, 3.63) is 85.1 Å². The normalized spacial score (nSPS) is 12.7. The van der Waals surface area contributed by atoms with E-state index < -0.39 is 6.10 Å². The largest absolute Gasteiger partial charge is 0.462 e. The van der Waals surface area contributed by atoms with Gasteiger partial charge in [0.25, 0.3) is 0 Å². The Bertz CT molecular complexity index is 1240. The van der Waals surface area contributed by atoms with Crippen LogP contribution in [-0.4, -0.2) is 37.2 Å².